The monoisotopic (exact) mass is 200 g/mol. The Hall–Kier alpha value is -0.150. The molecule has 1 saturated heterocycles. The van der Waals surface area contributed by atoms with Gasteiger partial charge in [-0.2, -0.15) is 0 Å². The second-order valence-corrected chi connectivity index (χ2v) is 4.43. The summed E-state index contributed by atoms with van der Waals surface area (Å²) in [7, 11) is 0. The third-order valence-electron chi connectivity index (χ3n) is 2.45. The highest BCUT2D eigenvalue weighted by molar-refractivity contribution is 7.80. The maximum absolute atomic E-state index is 5.19. The molecule has 1 heterocycles. The van der Waals surface area contributed by atoms with Gasteiger partial charge in [-0.05, 0) is 25.9 Å². The minimum atomic E-state index is 0.480. The lowest BCUT2D eigenvalue weighted by atomic mass is 10.2. The van der Waals surface area contributed by atoms with E-state index in [-0.39, 0.29) is 0 Å². The Morgan fingerprint density at radius 2 is 2.00 bits per heavy atom. The molecule has 0 aliphatic carbocycles. The zero-order valence-corrected chi connectivity index (χ0v) is 9.49. The Labute approximate surface area is 86.7 Å². The Kier molecular flexibility index (Phi) is 4.67. The highest BCUT2D eigenvalue weighted by Gasteiger charge is 2.10. The molecule has 1 rings (SSSR count). The smallest absolute Gasteiger partial charge is 0.0779 e. The molecule has 0 bridgehead atoms. The largest absolute Gasteiger partial charge is 0.378 e. The molecule has 1 aliphatic rings. The number of nitrogens with zero attached hydrogens (tertiary/aromatic N) is 1. The Morgan fingerprint density at radius 3 is 2.54 bits per heavy atom. The van der Waals surface area contributed by atoms with Crippen molar-refractivity contribution in [3.63, 3.8) is 0 Å². The first-order valence-corrected chi connectivity index (χ1v) is 5.61. The minimum Gasteiger partial charge on any atom is -0.378 e. The van der Waals surface area contributed by atoms with Crippen molar-refractivity contribution in [1.82, 2.24) is 10.2 Å². The van der Waals surface area contributed by atoms with E-state index in [1.807, 2.05) is 0 Å². The van der Waals surface area contributed by atoms with Gasteiger partial charge in [-0.25, -0.2) is 0 Å². The van der Waals surface area contributed by atoms with E-state index in [0.29, 0.717) is 5.92 Å². The van der Waals surface area contributed by atoms with Gasteiger partial charge in [0, 0.05) is 19.0 Å². The number of likely N-dealkylation sites (tertiary alicyclic amines) is 1. The molecule has 1 aliphatic heterocycles. The van der Waals surface area contributed by atoms with Gasteiger partial charge in [0.25, 0.3) is 0 Å². The molecule has 0 aromatic rings. The first-order valence-electron chi connectivity index (χ1n) is 5.20. The summed E-state index contributed by atoms with van der Waals surface area (Å²) in [5.41, 5.74) is 0. The SMILES string of the molecule is CC(C)C(=S)NCCN1CCCC1. The maximum Gasteiger partial charge on any atom is 0.0779 e. The average Bonchev–Trinajstić information content (AvgIpc) is 2.56. The lowest BCUT2D eigenvalue weighted by Crippen LogP contribution is -2.34. The predicted octanol–water partition coefficient (Wildman–Crippen LogP) is 1.66. The van der Waals surface area contributed by atoms with Gasteiger partial charge < -0.3 is 10.2 Å². The number of rotatable bonds is 4. The molecule has 0 radical (unpaired) electrons. The van der Waals surface area contributed by atoms with E-state index in [4.69, 9.17) is 12.2 Å². The van der Waals surface area contributed by atoms with Crippen LogP contribution in [-0.2, 0) is 0 Å². The van der Waals surface area contributed by atoms with Crippen molar-refractivity contribution in [3.8, 4) is 0 Å². The van der Waals surface area contributed by atoms with Crippen molar-refractivity contribution in [2.75, 3.05) is 26.2 Å². The first kappa shape index (κ1) is 10.9. The molecule has 3 heteroatoms. The summed E-state index contributed by atoms with van der Waals surface area (Å²) in [6.45, 7) is 8.96. The minimum absolute atomic E-state index is 0.480. The molecule has 0 aromatic carbocycles. The van der Waals surface area contributed by atoms with E-state index >= 15 is 0 Å². The van der Waals surface area contributed by atoms with Crippen molar-refractivity contribution in [3.05, 3.63) is 0 Å². The van der Waals surface area contributed by atoms with Gasteiger partial charge in [0.2, 0.25) is 0 Å². The molecular formula is C10H20N2S. The topological polar surface area (TPSA) is 15.3 Å². The van der Waals surface area contributed by atoms with Crippen molar-refractivity contribution >= 4 is 17.2 Å². The zero-order valence-electron chi connectivity index (χ0n) is 8.68. The van der Waals surface area contributed by atoms with E-state index in [1.54, 1.807) is 0 Å². The van der Waals surface area contributed by atoms with Crippen LogP contribution in [0.3, 0.4) is 0 Å². The molecule has 76 valence electrons. The summed E-state index contributed by atoms with van der Waals surface area (Å²) in [5.74, 6) is 0.480. The van der Waals surface area contributed by atoms with Crippen LogP contribution in [0.25, 0.3) is 0 Å². The fraction of sp³-hybridized carbons (Fsp3) is 0.900. The van der Waals surface area contributed by atoms with E-state index in [9.17, 15) is 0 Å². The second kappa shape index (κ2) is 5.55. The van der Waals surface area contributed by atoms with Crippen LogP contribution in [0, 0.1) is 5.92 Å². The molecule has 1 fully saturated rings. The normalized spacial score (nSPS) is 18.1. The fourth-order valence-electron chi connectivity index (χ4n) is 1.55. The van der Waals surface area contributed by atoms with Gasteiger partial charge in [-0.3, -0.25) is 0 Å². The number of nitrogens with one attached hydrogen (secondary N) is 1. The molecule has 13 heavy (non-hydrogen) atoms. The van der Waals surface area contributed by atoms with Crippen LogP contribution < -0.4 is 5.32 Å². The summed E-state index contributed by atoms with van der Waals surface area (Å²) < 4.78 is 0. The third-order valence-corrected chi connectivity index (χ3v) is 3.07. The predicted molar refractivity (Wildman–Crippen MR) is 61.1 cm³/mol. The van der Waals surface area contributed by atoms with Crippen molar-refractivity contribution in [1.29, 1.82) is 0 Å². The van der Waals surface area contributed by atoms with Crippen LogP contribution in [0.1, 0.15) is 26.7 Å². The van der Waals surface area contributed by atoms with Crippen LogP contribution in [0.2, 0.25) is 0 Å². The molecule has 0 saturated carbocycles. The molecule has 0 atom stereocenters. The standard InChI is InChI=1S/C10H20N2S/c1-9(2)10(13)11-5-8-12-6-3-4-7-12/h9H,3-8H2,1-2H3,(H,11,13). The van der Waals surface area contributed by atoms with Crippen LogP contribution >= 0.6 is 12.2 Å². The van der Waals surface area contributed by atoms with Gasteiger partial charge in [0.15, 0.2) is 0 Å². The number of hydrogen-bond acceptors (Lipinski definition) is 2. The quantitative estimate of drug-likeness (QED) is 0.695. The lowest BCUT2D eigenvalue weighted by Gasteiger charge is -2.16. The summed E-state index contributed by atoms with van der Waals surface area (Å²) in [6, 6.07) is 0. The van der Waals surface area contributed by atoms with Gasteiger partial charge in [-0.15, -0.1) is 0 Å². The van der Waals surface area contributed by atoms with Gasteiger partial charge >= 0.3 is 0 Å². The van der Waals surface area contributed by atoms with Crippen LogP contribution in [0.15, 0.2) is 0 Å². The van der Waals surface area contributed by atoms with Crippen LogP contribution in [0.4, 0.5) is 0 Å². The molecular weight excluding hydrogens is 180 g/mol. The Bertz CT molecular complexity index is 162. The molecule has 1 N–H and O–H groups in total. The second-order valence-electron chi connectivity index (χ2n) is 3.99. The molecule has 0 spiro atoms. The highest BCUT2D eigenvalue weighted by atomic mass is 32.1. The van der Waals surface area contributed by atoms with E-state index in [0.717, 1.165) is 18.1 Å². The van der Waals surface area contributed by atoms with E-state index in [1.165, 1.54) is 25.9 Å². The summed E-state index contributed by atoms with van der Waals surface area (Å²) in [6.07, 6.45) is 2.74. The molecule has 0 amide bonds. The molecule has 2 nitrogen and oxygen atoms in total. The highest BCUT2D eigenvalue weighted by Crippen LogP contribution is 2.05. The zero-order chi connectivity index (χ0) is 9.68. The van der Waals surface area contributed by atoms with Crippen LogP contribution in [0.5, 0.6) is 0 Å². The average molecular weight is 200 g/mol. The van der Waals surface area contributed by atoms with Crippen LogP contribution in [-0.4, -0.2) is 36.1 Å². The molecule has 0 unspecified atom stereocenters. The van der Waals surface area contributed by atoms with Gasteiger partial charge in [0.1, 0.15) is 0 Å². The number of thiocarbonyl (C=S) groups is 1. The fourth-order valence-corrected chi connectivity index (χ4v) is 1.65. The van der Waals surface area contributed by atoms with Gasteiger partial charge in [-0.1, -0.05) is 26.1 Å². The number of hydrogen-bond donors (Lipinski definition) is 1. The lowest BCUT2D eigenvalue weighted by molar-refractivity contribution is 0.343. The van der Waals surface area contributed by atoms with Crippen molar-refractivity contribution in [2.45, 2.75) is 26.7 Å². The van der Waals surface area contributed by atoms with E-state index < -0.39 is 0 Å². The summed E-state index contributed by atoms with van der Waals surface area (Å²) in [4.78, 5) is 3.50. The van der Waals surface area contributed by atoms with Gasteiger partial charge in [0.05, 0.1) is 4.99 Å². The third kappa shape index (κ3) is 4.05. The summed E-state index contributed by atoms with van der Waals surface area (Å²) >= 11 is 5.19. The van der Waals surface area contributed by atoms with Crippen molar-refractivity contribution < 1.29 is 0 Å². The molecule has 0 aromatic heterocycles. The maximum atomic E-state index is 5.19. The van der Waals surface area contributed by atoms with Crippen molar-refractivity contribution in [2.24, 2.45) is 5.92 Å². The van der Waals surface area contributed by atoms with E-state index in [2.05, 4.69) is 24.1 Å². The summed E-state index contributed by atoms with van der Waals surface area (Å²) in [5, 5.41) is 3.30. The first-order chi connectivity index (χ1) is 6.20. The Balaban J connectivity index is 2.03. The Morgan fingerprint density at radius 1 is 1.38 bits per heavy atom.